The van der Waals surface area contributed by atoms with Crippen molar-refractivity contribution >= 4 is 17.7 Å². The molecule has 0 aromatic heterocycles. The summed E-state index contributed by atoms with van der Waals surface area (Å²) in [5.74, 6) is -0.0622. The molecule has 0 fully saturated rings. The molecule has 0 spiro atoms. The van der Waals surface area contributed by atoms with Gasteiger partial charge in [0, 0.05) is 18.7 Å². The highest BCUT2D eigenvalue weighted by Gasteiger charge is 2.03. The first-order chi connectivity index (χ1) is 9.97. The molecule has 0 unspecified atom stereocenters. The van der Waals surface area contributed by atoms with Gasteiger partial charge < -0.3 is 20.5 Å². The second kappa shape index (κ2) is 8.84. The van der Waals surface area contributed by atoms with E-state index in [1.165, 1.54) is 0 Å². The van der Waals surface area contributed by atoms with Crippen molar-refractivity contribution in [3.8, 4) is 5.75 Å². The normalized spacial score (nSPS) is 10.2. The van der Waals surface area contributed by atoms with Crippen LogP contribution >= 0.6 is 0 Å². The first-order valence-corrected chi connectivity index (χ1v) is 7.00. The van der Waals surface area contributed by atoms with Crippen molar-refractivity contribution in [3.05, 3.63) is 24.3 Å². The van der Waals surface area contributed by atoms with E-state index in [1.54, 1.807) is 24.3 Å². The van der Waals surface area contributed by atoms with Crippen LogP contribution in [0.15, 0.2) is 24.3 Å². The van der Waals surface area contributed by atoms with Gasteiger partial charge in [0.25, 0.3) is 0 Å². The maximum Gasteiger partial charge on any atom is 0.319 e. The number of rotatable bonds is 8. The summed E-state index contributed by atoms with van der Waals surface area (Å²) in [5.41, 5.74) is 0.675. The van der Waals surface area contributed by atoms with Crippen LogP contribution in [0.3, 0.4) is 0 Å². The number of unbranched alkanes of at least 4 members (excludes halogenated alkanes) is 1. The minimum absolute atomic E-state index is 0.109. The summed E-state index contributed by atoms with van der Waals surface area (Å²) in [6.45, 7) is 4.35. The van der Waals surface area contributed by atoms with E-state index in [0.717, 1.165) is 5.75 Å². The molecule has 6 nitrogen and oxygen atoms in total. The zero-order chi connectivity index (χ0) is 15.7. The minimum atomic E-state index is -0.817. The van der Waals surface area contributed by atoms with Gasteiger partial charge in [0.2, 0.25) is 0 Å². The summed E-state index contributed by atoms with van der Waals surface area (Å²) < 4.78 is 5.51. The van der Waals surface area contributed by atoms with Crippen molar-refractivity contribution < 1.29 is 19.4 Å². The lowest BCUT2D eigenvalue weighted by atomic mass is 10.2. The number of hydrogen-bond acceptors (Lipinski definition) is 3. The molecular weight excluding hydrogens is 272 g/mol. The maximum absolute atomic E-state index is 11.6. The summed E-state index contributed by atoms with van der Waals surface area (Å²) in [5, 5.41) is 13.9. The number of anilines is 1. The molecule has 0 bridgehead atoms. The minimum Gasteiger partial charge on any atom is -0.491 e. The molecule has 1 rings (SSSR count). The standard InChI is InChI=1S/C15H22N2O4/c1-11(2)21-13-8-6-12(7-9-13)17-15(20)16-10-4-3-5-14(18)19/h6-9,11H,3-5,10H2,1-2H3,(H,18,19)(H2,16,17,20). The molecule has 21 heavy (non-hydrogen) atoms. The number of benzene rings is 1. The second-order valence-electron chi connectivity index (χ2n) is 4.92. The number of hydrogen-bond donors (Lipinski definition) is 3. The number of carboxylic acid groups (broad SMARTS) is 1. The van der Waals surface area contributed by atoms with Crippen LogP contribution in [0, 0.1) is 0 Å². The maximum atomic E-state index is 11.6. The number of aliphatic carboxylic acids is 1. The zero-order valence-corrected chi connectivity index (χ0v) is 12.4. The molecular formula is C15H22N2O4. The van der Waals surface area contributed by atoms with Crippen LogP contribution in [0.25, 0.3) is 0 Å². The first-order valence-electron chi connectivity index (χ1n) is 7.00. The van der Waals surface area contributed by atoms with E-state index < -0.39 is 5.97 Å². The summed E-state index contributed by atoms with van der Waals surface area (Å²) in [7, 11) is 0. The zero-order valence-electron chi connectivity index (χ0n) is 12.4. The van der Waals surface area contributed by atoms with Crippen LogP contribution in [0.5, 0.6) is 5.75 Å². The average molecular weight is 294 g/mol. The van der Waals surface area contributed by atoms with Gasteiger partial charge >= 0.3 is 12.0 Å². The van der Waals surface area contributed by atoms with E-state index in [2.05, 4.69) is 10.6 Å². The fourth-order valence-corrected chi connectivity index (χ4v) is 1.67. The van der Waals surface area contributed by atoms with Crippen molar-refractivity contribution in [2.45, 2.75) is 39.2 Å². The van der Waals surface area contributed by atoms with Gasteiger partial charge in [-0.25, -0.2) is 4.79 Å². The van der Waals surface area contributed by atoms with Crippen LogP contribution in [0.1, 0.15) is 33.1 Å². The molecule has 0 radical (unpaired) electrons. The van der Waals surface area contributed by atoms with Crippen molar-refractivity contribution in [3.63, 3.8) is 0 Å². The topological polar surface area (TPSA) is 87.7 Å². The monoisotopic (exact) mass is 294 g/mol. The fraction of sp³-hybridized carbons (Fsp3) is 0.467. The Hall–Kier alpha value is -2.24. The number of urea groups is 1. The molecule has 0 saturated carbocycles. The van der Waals surface area contributed by atoms with Gasteiger partial charge in [0.05, 0.1) is 6.10 Å². The molecule has 1 aromatic rings. The summed E-state index contributed by atoms with van der Waals surface area (Å²) in [6.07, 6.45) is 1.43. The van der Waals surface area contributed by atoms with Crippen molar-refractivity contribution in [1.29, 1.82) is 0 Å². The summed E-state index contributed by atoms with van der Waals surface area (Å²) in [4.78, 5) is 21.9. The molecule has 116 valence electrons. The third kappa shape index (κ3) is 7.81. The summed E-state index contributed by atoms with van der Waals surface area (Å²) >= 11 is 0. The molecule has 0 heterocycles. The Kier molecular flexibility index (Phi) is 7.08. The number of amides is 2. The molecule has 0 saturated heterocycles. The number of carboxylic acids is 1. The second-order valence-corrected chi connectivity index (χ2v) is 4.92. The van der Waals surface area contributed by atoms with Crippen LogP contribution in [-0.2, 0) is 4.79 Å². The molecule has 0 aliphatic rings. The van der Waals surface area contributed by atoms with Gasteiger partial charge in [0.1, 0.15) is 5.75 Å². The Balaban J connectivity index is 2.26. The van der Waals surface area contributed by atoms with Crippen molar-refractivity contribution in [2.24, 2.45) is 0 Å². The fourth-order valence-electron chi connectivity index (χ4n) is 1.67. The highest BCUT2D eigenvalue weighted by atomic mass is 16.5. The van der Waals surface area contributed by atoms with Crippen LogP contribution < -0.4 is 15.4 Å². The number of carbonyl (C=O) groups excluding carboxylic acids is 1. The van der Waals surface area contributed by atoms with E-state index in [1.807, 2.05) is 13.8 Å². The van der Waals surface area contributed by atoms with E-state index in [-0.39, 0.29) is 18.6 Å². The van der Waals surface area contributed by atoms with Gasteiger partial charge in [-0.15, -0.1) is 0 Å². The van der Waals surface area contributed by atoms with Crippen LogP contribution in [0.2, 0.25) is 0 Å². The highest BCUT2D eigenvalue weighted by molar-refractivity contribution is 5.89. The lowest BCUT2D eigenvalue weighted by molar-refractivity contribution is -0.137. The SMILES string of the molecule is CC(C)Oc1ccc(NC(=O)NCCCCC(=O)O)cc1. The van der Waals surface area contributed by atoms with E-state index >= 15 is 0 Å². The van der Waals surface area contributed by atoms with Crippen LogP contribution in [0.4, 0.5) is 10.5 Å². The van der Waals surface area contributed by atoms with Crippen molar-refractivity contribution in [2.75, 3.05) is 11.9 Å². The molecule has 1 aromatic carbocycles. The third-order valence-corrected chi connectivity index (χ3v) is 2.59. The van der Waals surface area contributed by atoms with E-state index in [4.69, 9.17) is 9.84 Å². The van der Waals surface area contributed by atoms with Gasteiger partial charge in [-0.3, -0.25) is 4.79 Å². The van der Waals surface area contributed by atoms with Crippen molar-refractivity contribution in [1.82, 2.24) is 5.32 Å². The Morgan fingerprint density at radius 2 is 1.86 bits per heavy atom. The molecule has 0 aliphatic carbocycles. The largest absolute Gasteiger partial charge is 0.491 e. The number of ether oxygens (including phenoxy) is 1. The molecule has 0 aliphatic heterocycles. The number of carbonyl (C=O) groups is 2. The van der Waals surface area contributed by atoms with Gasteiger partial charge in [-0.1, -0.05) is 0 Å². The molecule has 6 heteroatoms. The smallest absolute Gasteiger partial charge is 0.319 e. The molecule has 2 amide bonds. The van der Waals surface area contributed by atoms with Gasteiger partial charge in [-0.2, -0.15) is 0 Å². The Labute approximate surface area is 124 Å². The molecule has 3 N–H and O–H groups in total. The van der Waals surface area contributed by atoms with Gasteiger partial charge in [-0.05, 0) is 51.0 Å². The Bertz CT molecular complexity index is 457. The lowest BCUT2D eigenvalue weighted by Gasteiger charge is -2.11. The first kappa shape index (κ1) is 16.8. The molecule has 0 atom stereocenters. The predicted octanol–water partition coefficient (Wildman–Crippen LogP) is 2.85. The summed E-state index contributed by atoms with van der Waals surface area (Å²) in [6, 6.07) is 6.82. The number of nitrogens with one attached hydrogen (secondary N) is 2. The Morgan fingerprint density at radius 3 is 2.43 bits per heavy atom. The average Bonchev–Trinajstić information content (AvgIpc) is 2.39. The third-order valence-electron chi connectivity index (χ3n) is 2.59. The van der Waals surface area contributed by atoms with Gasteiger partial charge in [0.15, 0.2) is 0 Å². The van der Waals surface area contributed by atoms with E-state index in [0.29, 0.717) is 25.1 Å². The lowest BCUT2D eigenvalue weighted by Crippen LogP contribution is -2.29. The van der Waals surface area contributed by atoms with E-state index in [9.17, 15) is 9.59 Å². The Morgan fingerprint density at radius 1 is 1.19 bits per heavy atom. The predicted molar refractivity (Wildman–Crippen MR) is 80.7 cm³/mol. The van der Waals surface area contributed by atoms with Crippen LogP contribution in [-0.4, -0.2) is 29.8 Å². The quantitative estimate of drug-likeness (QED) is 0.643. The highest BCUT2D eigenvalue weighted by Crippen LogP contribution is 2.16.